The van der Waals surface area contributed by atoms with Crippen LogP contribution in [0.3, 0.4) is 0 Å². The molecule has 1 aromatic heterocycles. The van der Waals surface area contributed by atoms with E-state index in [1.807, 2.05) is 50.4 Å². The molecule has 0 saturated carbocycles. The van der Waals surface area contributed by atoms with E-state index in [9.17, 15) is 5.11 Å². The van der Waals surface area contributed by atoms with Crippen molar-refractivity contribution in [1.82, 2.24) is 15.6 Å². The van der Waals surface area contributed by atoms with Gasteiger partial charge in [0.05, 0.1) is 18.2 Å². The number of halogens is 1. The Morgan fingerprint density at radius 3 is 2.62 bits per heavy atom. The molecule has 0 bridgehead atoms. The molecule has 1 aromatic carbocycles. The Morgan fingerprint density at radius 1 is 1.29 bits per heavy atom. The molecular formula is C17H25IN4OS. The maximum Gasteiger partial charge on any atom is 0.191 e. The van der Waals surface area contributed by atoms with Crippen molar-refractivity contribution in [2.45, 2.75) is 26.3 Å². The highest BCUT2D eigenvalue weighted by Crippen LogP contribution is 2.14. The van der Waals surface area contributed by atoms with Crippen molar-refractivity contribution in [1.29, 1.82) is 0 Å². The summed E-state index contributed by atoms with van der Waals surface area (Å²) in [4.78, 5) is 9.96. The summed E-state index contributed by atoms with van der Waals surface area (Å²) in [5.41, 5.74) is 1.12. The molecule has 0 amide bonds. The van der Waals surface area contributed by atoms with Crippen molar-refractivity contribution >= 4 is 41.3 Å². The Labute approximate surface area is 164 Å². The van der Waals surface area contributed by atoms with E-state index in [1.165, 1.54) is 0 Å². The van der Waals surface area contributed by atoms with Gasteiger partial charge >= 0.3 is 0 Å². The molecule has 7 heteroatoms. The van der Waals surface area contributed by atoms with Crippen LogP contribution in [0.1, 0.15) is 28.3 Å². The van der Waals surface area contributed by atoms with Gasteiger partial charge in [0.2, 0.25) is 0 Å². The molecule has 0 spiro atoms. The second-order valence-corrected chi connectivity index (χ2v) is 6.53. The van der Waals surface area contributed by atoms with Crippen LogP contribution in [-0.2, 0) is 6.54 Å². The summed E-state index contributed by atoms with van der Waals surface area (Å²) < 4.78 is 0. The summed E-state index contributed by atoms with van der Waals surface area (Å²) in [5, 5.41) is 17.2. The minimum atomic E-state index is 0. The third kappa shape index (κ3) is 6.74. The van der Waals surface area contributed by atoms with Crippen molar-refractivity contribution in [3.8, 4) is 0 Å². The first-order chi connectivity index (χ1) is 11.2. The van der Waals surface area contributed by atoms with Gasteiger partial charge in [0, 0.05) is 30.1 Å². The fourth-order valence-electron chi connectivity index (χ4n) is 2.21. The van der Waals surface area contributed by atoms with E-state index in [2.05, 4.69) is 20.6 Å². The average Bonchev–Trinajstić information content (AvgIpc) is 2.99. The van der Waals surface area contributed by atoms with Crippen LogP contribution in [0.5, 0.6) is 0 Å². The summed E-state index contributed by atoms with van der Waals surface area (Å²) in [6.45, 7) is 6.17. The lowest BCUT2D eigenvalue weighted by molar-refractivity contribution is 0.265. The zero-order valence-electron chi connectivity index (χ0n) is 14.0. The molecular weight excluding hydrogens is 435 g/mol. The molecule has 0 aliphatic carbocycles. The number of nitrogens with one attached hydrogen (secondary N) is 2. The highest BCUT2D eigenvalue weighted by atomic mass is 127. The smallest absolute Gasteiger partial charge is 0.191 e. The van der Waals surface area contributed by atoms with E-state index < -0.39 is 0 Å². The monoisotopic (exact) mass is 460 g/mol. The summed E-state index contributed by atoms with van der Waals surface area (Å²) in [5.74, 6) is 0.804. The van der Waals surface area contributed by atoms with Crippen LogP contribution in [0.2, 0.25) is 0 Å². The van der Waals surface area contributed by atoms with Gasteiger partial charge in [-0.3, -0.25) is 0 Å². The van der Waals surface area contributed by atoms with Crippen LogP contribution in [-0.4, -0.2) is 35.7 Å². The van der Waals surface area contributed by atoms with Gasteiger partial charge in [-0.25, -0.2) is 9.98 Å². The van der Waals surface area contributed by atoms with Gasteiger partial charge < -0.3 is 15.7 Å². The molecule has 1 unspecified atom stereocenters. The van der Waals surface area contributed by atoms with Crippen LogP contribution in [0, 0.1) is 6.92 Å². The average molecular weight is 460 g/mol. The lowest BCUT2D eigenvalue weighted by Crippen LogP contribution is -2.39. The van der Waals surface area contributed by atoms with E-state index in [0.29, 0.717) is 13.1 Å². The number of aliphatic imine (C=N–C) groups is 1. The highest BCUT2D eigenvalue weighted by molar-refractivity contribution is 14.0. The molecule has 0 radical (unpaired) electrons. The lowest BCUT2D eigenvalue weighted by Gasteiger charge is -2.18. The maximum absolute atomic E-state index is 9.63. The fourth-order valence-corrected chi connectivity index (χ4v) is 2.93. The number of thiazole rings is 1. The number of rotatable bonds is 7. The van der Waals surface area contributed by atoms with Gasteiger partial charge in [0.25, 0.3) is 0 Å². The number of nitrogens with zero attached hydrogens (tertiary/aromatic N) is 2. The minimum absolute atomic E-state index is 0. The van der Waals surface area contributed by atoms with Crippen molar-refractivity contribution in [2.24, 2.45) is 4.99 Å². The molecule has 5 nitrogen and oxygen atoms in total. The van der Waals surface area contributed by atoms with E-state index in [-0.39, 0.29) is 36.5 Å². The standard InChI is InChI=1S/C17H24N4OS.HI/c1-3-18-17(21-11-16-10-19-13(2)23-16)20-9-15(12-22)14-7-5-4-6-8-14;/h4-8,10,15,22H,3,9,11-12H2,1-2H3,(H2,18,20,21);1H. The first kappa shape index (κ1) is 20.9. The van der Waals surface area contributed by atoms with Gasteiger partial charge in [-0.1, -0.05) is 30.3 Å². The summed E-state index contributed by atoms with van der Waals surface area (Å²) in [7, 11) is 0. The van der Waals surface area contributed by atoms with Gasteiger partial charge in [-0.15, -0.1) is 35.3 Å². The Kier molecular flexibility index (Phi) is 9.89. The third-order valence-electron chi connectivity index (χ3n) is 3.41. The number of hydrogen-bond donors (Lipinski definition) is 3. The number of aliphatic hydroxyl groups is 1. The van der Waals surface area contributed by atoms with Crippen LogP contribution < -0.4 is 10.6 Å². The Morgan fingerprint density at radius 2 is 2.04 bits per heavy atom. The zero-order chi connectivity index (χ0) is 16.5. The summed E-state index contributed by atoms with van der Waals surface area (Å²) in [6.07, 6.45) is 1.87. The van der Waals surface area contributed by atoms with Crippen LogP contribution in [0.15, 0.2) is 41.5 Å². The predicted octanol–water partition coefficient (Wildman–Crippen LogP) is 2.90. The number of aromatic nitrogens is 1. The van der Waals surface area contributed by atoms with E-state index in [0.717, 1.165) is 28.0 Å². The van der Waals surface area contributed by atoms with Crippen LogP contribution in [0.4, 0.5) is 0 Å². The molecule has 1 atom stereocenters. The number of aliphatic hydroxyl groups excluding tert-OH is 1. The molecule has 132 valence electrons. The predicted molar refractivity (Wildman–Crippen MR) is 111 cm³/mol. The lowest BCUT2D eigenvalue weighted by atomic mass is 10.0. The number of guanidine groups is 1. The molecule has 0 saturated heterocycles. The second-order valence-electron chi connectivity index (χ2n) is 5.21. The minimum Gasteiger partial charge on any atom is -0.396 e. The number of aryl methyl sites for hydroxylation is 1. The van der Waals surface area contributed by atoms with E-state index >= 15 is 0 Å². The highest BCUT2D eigenvalue weighted by Gasteiger charge is 2.10. The summed E-state index contributed by atoms with van der Waals surface area (Å²) >= 11 is 1.66. The third-order valence-corrected chi connectivity index (χ3v) is 4.31. The zero-order valence-corrected chi connectivity index (χ0v) is 17.2. The Bertz CT molecular complexity index is 618. The van der Waals surface area contributed by atoms with E-state index in [4.69, 9.17) is 0 Å². The van der Waals surface area contributed by atoms with Gasteiger partial charge in [0.15, 0.2) is 5.96 Å². The van der Waals surface area contributed by atoms with Crippen molar-refractivity contribution in [3.63, 3.8) is 0 Å². The van der Waals surface area contributed by atoms with Crippen molar-refractivity contribution in [2.75, 3.05) is 19.7 Å². The van der Waals surface area contributed by atoms with Gasteiger partial charge in [0.1, 0.15) is 0 Å². The first-order valence-corrected chi connectivity index (χ1v) is 8.63. The summed E-state index contributed by atoms with van der Waals surface area (Å²) in [6, 6.07) is 10.0. The van der Waals surface area contributed by atoms with Crippen LogP contribution >= 0.6 is 35.3 Å². The van der Waals surface area contributed by atoms with Gasteiger partial charge in [-0.05, 0) is 19.4 Å². The normalized spacial score (nSPS) is 12.4. The van der Waals surface area contributed by atoms with Crippen LogP contribution in [0.25, 0.3) is 0 Å². The Balaban J connectivity index is 0.00000288. The van der Waals surface area contributed by atoms with Crippen molar-refractivity contribution in [3.05, 3.63) is 52.0 Å². The molecule has 2 aromatic rings. The van der Waals surface area contributed by atoms with Gasteiger partial charge in [-0.2, -0.15) is 0 Å². The molecule has 3 N–H and O–H groups in total. The fraction of sp³-hybridized carbons (Fsp3) is 0.412. The molecule has 0 fully saturated rings. The molecule has 2 rings (SSSR count). The Hall–Kier alpha value is -1.19. The first-order valence-electron chi connectivity index (χ1n) is 7.82. The largest absolute Gasteiger partial charge is 0.396 e. The second kappa shape index (κ2) is 11.4. The quantitative estimate of drug-likeness (QED) is 0.338. The molecule has 1 heterocycles. The molecule has 24 heavy (non-hydrogen) atoms. The number of hydrogen-bond acceptors (Lipinski definition) is 4. The maximum atomic E-state index is 9.63. The number of benzene rings is 1. The SMILES string of the molecule is CCNC(=NCc1cnc(C)s1)NCC(CO)c1ccccc1.I. The van der Waals surface area contributed by atoms with E-state index in [1.54, 1.807) is 11.3 Å². The topological polar surface area (TPSA) is 69.5 Å². The molecule has 0 aliphatic rings. The molecule has 0 aliphatic heterocycles. The van der Waals surface area contributed by atoms with Crippen molar-refractivity contribution < 1.29 is 5.11 Å².